The van der Waals surface area contributed by atoms with Crippen molar-refractivity contribution in [1.29, 1.82) is 0 Å². The molecule has 0 aliphatic heterocycles. The third-order valence-electron chi connectivity index (χ3n) is 2.82. The van der Waals surface area contributed by atoms with E-state index in [9.17, 15) is 4.79 Å². The van der Waals surface area contributed by atoms with Gasteiger partial charge in [-0.15, -0.1) is 0 Å². The minimum absolute atomic E-state index is 0.114. The predicted octanol–water partition coefficient (Wildman–Crippen LogP) is 2.98. The van der Waals surface area contributed by atoms with Gasteiger partial charge in [-0.05, 0) is 36.8 Å². The van der Waals surface area contributed by atoms with E-state index in [-0.39, 0.29) is 12.3 Å². The molecule has 4 nitrogen and oxygen atoms in total. The van der Waals surface area contributed by atoms with Crippen LogP contribution >= 0.6 is 0 Å². The lowest BCUT2D eigenvalue weighted by molar-refractivity contribution is -0.116. The first-order chi connectivity index (χ1) is 9.65. The zero-order valence-electron chi connectivity index (χ0n) is 11.4. The third kappa shape index (κ3) is 4.02. The Kier molecular flexibility index (Phi) is 4.60. The summed E-state index contributed by atoms with van der Waals surface area (Å²) in [5.41, 5.74) is 8.12. The molecule has 0 saturated heterocycles. The minimum atomic E-state index is -0.114. The summed E-state index contributed by atoms with van der Waals surface area (Å²) in [6, 6.07) is 15.0. The van der Waals surface area contributed by atoms with Gasteiger partial charge in [-0.3, -0.25) is 4.79 Å². The zero-order chi connectivity index (χ0) is 14.4. The number of hydrogen-bond acceptors (Lipinski definition) is 3. The first-order valence-electron chi connectivity index (χ1n) is 6.49. The van der Waals surface area contributed by atoms with E-state index in [1.165, 1.54) is 0 Å². The van der Waals surface area contributed by atoms with Crippen LogP contribution in [0.25, 0.3) is 0 Å². The fraction of sp³-hybridized carbons (Fsp3) is 0.188. The first-order valence-corrected chi connectivity index (χ1v) is 6.49. The first kappa shape index (κ1) is 13.9. The summed E-state index contributed by atoms with van der Waals surface area (Å²) < 4.78 is 5.47. The highest BCUT2D eigenvalue weighted by Crippen LogP contribution is 2.19. The highest BCUT2D eigenvalue weighted by Gasteiger charge is 2.05. The fourth-order valence-corrected chi connectivity index (χ4v) is 1.79. The Morgan fingerprint density at radius 1 is 1.20 bits per heavy atom. The van der Waals surface area contributed by atoms with Gasteiger partial charge in [0.05, 0.1) is 24.4 Å². The molecule has 2 aromatic carbocycles. The molecule has 104 valence electrons. The summed E-state index contributed by atoms with van der Waals surface area (Å²) in [5, 5.41) is 2.78. The van der Waals surface area contributed by atoms with Crippen LogP contribution in [0.15, 0.2) is 48.5 Å². The summed E-state index contributed by atoms with van der Waals surface area (Å²) in [7, 11) is 0. The van der Waals surface area contributed by atoms with E-state index < -0.39 is 0 Å². The lowest BCUT2D eigenvalue weighted by Gasteiger charge is -2.09. The number of carbonyl (C=O) groups is 1. The lowest BCUT2D eigenvalue weighted by Crippen LogP contribution is -2.16. The van der Waals surface area contributed by atoms with E-state index in [1.54, 1.807) is 6.07 Å². The molecular formula is C16H18N2O2. The van der Waals surface area contributed by atoms with E-state index in [4.69, 9.17) is 10.5 Å². The normalized spacial score (nSPS) is 10.1. The molecule has 2 aromatic rings. The summed E-state index contributed by atoms with van der Waals surface area (Å²) in [6.07, 6.45) is 0.280. The van der Waals surface area contributed by atoms with Gasteiger partial charge in [0.2, 0.25) is 5.91 Å². The number of anilines is 2. The molecule has 4 heteroatoms. The van der Waals surface area contributed by atoms with E-state index in [0.717, 1.165) is 11.3 Å². The second-order valence-corrected chi connectivity index (χ2v) is 4.55. The second kappa shape index (κ2) is 6.61. The van der Waals surface area contributed by atoms with E-state index in [0.29, 0.717) is 18.0 Å². The van der Waals surface area contributed by atoms with Crippen LogP contribution in [0, 0.1) is 6.92 Å². The summed E-state index contributed by atoms with van der Waals surface area (Å²) in [4.78, 5) is 11.8. The molecule has 3 N–H and O–H groups in total. The van der Waals surface area contributed by atoms with Crippen LogP contribution in [-0.2, 0) is 4.79 Å². The van der Waals surface area contributed by atoms with Crippen molar-refractivity contribution in [3.05, 3.63) is 54.1 Å². The van der Waals surface area contributed by atoms with Gasteiger partial charge in [0.1, 0.15) is 5.75 Å². The third-order valence-corrected chi connectivity index (χ3v) is 2.82. The monoisotopic (exact) mass is 270 g/mol. The van der Waals surface area contributed by atoms with Gasteiger partial charge in [-0.1, -0.05) is 24.3 Å². The maximum absolute atomic E-state index is 11.8. The maximum Gasteiger partial charge on any atom is 0.227 e. The van der Waals surface area contributed by atoms with Crippen molar-refractivity contribution in [3.8, 4) is 5.75 Å². The SMILES string of the molecule is Cc1ccc(NC(=O)CCOc2ccccc2)c(N)c1. The number of rotatable bonds is 5. The van der Waals surface area contributed by atoms with Crippen molar-refractivity contribution in [2.24, 2.45) is 0 Å². The largest absolute Gasteiger partial charge is 0.493 e. The number of ether oxygens (including phenoxy) is 1. The highest BCUT2D eigenvalue weighted by atomic mass is 16.5. The van der Waals surface area contributed by atoms with Crippen LogP contribution in [0.5, 0.6) is 5.75 Å². The molecular weight excluding hydrogens is 252 g/mol. The molecule has 0 radical (unpaired) electrons. The number of carbonyl (C=O) groups excluding carboxylic acids is 1. The standard InChI is InChI=1S/C16H18N2O2/c1-12-7-8-15(14(17)11-12)18-16(19)9-10-20-13-5-3-2-4-6-13/h2-8,11H,9-10,17H2,1H3,(H,18,19). The van der Waals surface area contributed by atoms with E-state index in [2.05, 4.69) is 5.32 Å². The number of nitrogens with one attached hydrogen (secondary N) is 1. The topological polar surface area (TPSA) is 64.3 Å². The van der Waals surface area contributed by atoms with Crippen LogP contribution < -0.4 is 15.8 Å². The van der Waals surface area contributed by atoms with Gasteiger partial charge < -0.3 is 15.8 Å². The molecule has 0 atom stereocenters. The lowest BCUT2D eigenvalue weighted by atomic mass is 10.2. The molecule has 0 saturated carbocycles. The van der Waals surface area contributed by atoms with E-state index in [1.807, 2.05) is 49.4 Å². The summed E-state index contributed by atoms with van der Waals surface area (Å²) in [6.45, 7) is 2.29. The van der Waals surface area contributed by atoms with Crippen molar-refractivity contribution < 1.29 is 9.53 Å². The Balaban J connectivity index is 1.81. The molecule has 0 unspecified atom stereocenters. The molecule has 0 aromatic heterocycles. The van der Waals surface area contributed by atoms with Gasteiger partial charge in [0, 0.05) is 0 Å². The molecule has 0 bridgehead atoms. The van der Waals surface area contributed by atoms with Crippen molar-refractivity contribution in [2.45, 2.75) is 13.3 Å². The number of benzene rings is 2. The van der Waals surface area contributed by atoms with Crippen LogP contribution in [-0.4, -0.2) is 12.5 Å². The average Bonchev–Trinajstić information content (AvgIpc) is 2.43. The van der Waals surface area contributed by atoms with Crippen molar-refractivity contribution >= 4 is 17.3 Å². The predicted molar refractivity (Wildman–Crippen MR) is 80.8 cm³/mol. The molecule has 0 heterocycles. The van der Waals surface area contributed by atoms with Gasteiger partial charge in [0.15, 0.2) is 0 Å². The zero-order valence-corrected chi connectivity index (χ0v) is 11.4. The fourth-order valence-electron chi connectivity index (χ4n) is 1.79. The maximum atomic E-state index is 11.8. The average molecular weight is 270 g/mol. The Labute approximate surface area is 118 Å². The quantitative estimate of drug-likeness (QED) is 0.821. The Morgan fingerprint density at radius 2 is 1.95 bits per heavy atom. The number of hydrogen-bond donors (Lipinski definition) is 2. The molecule has 1 amide bonds. The smallest absolute Gasteiger partial charge is 0.227 e. The number of amides is 1. The molecule has 0 aliphatic rings. The van der Waals surface area contributed by atoms with Crippen molar-refractivity contribution in [3.63, 3.8) is 0 Å². The Morgan fingerprint density at radius 3 is 2.65 bits per heavy atom. The van der Waals surface area contributed by atoms with Crippen LogP contribution in [0.4, 0.5) is 11.4 Å². The van der Waals surface area contributed by atoms with Crippen LogP contribution in [0.2, 0.25) is 0 Å². The number of nitrogens with two attached hydrogens (primary N) is 1. The summed E-state index contributed by atoms with van der Waals surface area (Å²) in [5.74, 6) is 0.645. The summed E-state index contributed by atoms with van der Waals surface area (Å²) >= 11 is 0. The number of aryl methyl sites for hydroxylation is 1. The van der Waals surface area contributed by atoms with Gasteiger partial charge in [0.25, 0.3) is 0 Å². The molecule has 0 fully saturated rings. The minimum Gasteiger partial charge on any atom is -0.493 e. The van der Waals surface area contributed by atoms with Gasteiger partial charge >= 0.3 is 0 Å². The van der Waals surface area contributed by atoms with Gasteiger partial charge in [-0.2, -0.15) is 0 Å². The number of nitrogen functional groups attached to an aromatic ring is 1. The van der Waals surface area contributed by atoms with Crippen LogP contribution in [0.1, 0.15) is 12.0 Å². The van der Waals surface area contributed by atoms with Crippen LogP contribution in [0.3, 0.4) is 0 Å². The van der Waals surface area contributed by atoms with Crippen molar-refractivity contribution in [2.75, 3.05) is 17.7 Å². The highest BCUT2D eigenvalue weighted by molar-refractivity contribution is 5.93. The Bertz CT molecular complexity index is 582. The molecule has 2 rings (SSSR count). The van der Waals surface area contributed by atoms with E-state index >= 15 is 0 Å². The molecule has 0 spiro atoms. The second-order valence-electron chi connectivity index (χ2n) is 4.55. The number of para-hydroxylation sites is 1. The molecule has 0 aliphatic carbocycles. The Hall–Kier alpha value is -2.49. The molecule has 20 heavy (non-hydrogen) atoms. The van der Waals surface area contributed by atoms with Crippen molar-refractivity contribution in [1.82, 2.24) is 0 Å². The van der Waals surface area contributed by atoms with Gasteiger partial charge in [-0.25, -0.2) is 0 Å².